The van der Waals surface area contributed by atoms with Gasteiger partial charge in [0.05, 0.1) is 6.54 Å². The molecule has 1 amide bonds. The van der Waals surface area contributed by atoms with Gasteiger partial charge in [0, 0.05) is 5.69 Å². The molecule has 0 saturated heterocycles. The van der Waals surface area contributed by atoms with Crippen LogP contribution in [0.3, 0.4) is 0 Å². The van der Waals surface area contributed by atoms with Gasteiger partial charge in [0.1, 0.15) is 0 Å². The maximum absolute atomic E-state index is 11.0. The first-order valence-electron chi connectivity index (χ1n) is 4.85. The highest BCUT2D eigenvalue weighted by atomic mass is 16.1. The van der Waals surface area contributed by atoms with Crippen molar-refractivity contribution in [3.63, 3.8) is 0 Å². The standard InChI is InChI=1S/C11H16N2O/c1-2-4-9-5-3-6-10(7-9)13-11(14)8-12/h3,5-7H,2,4,8,12H2,1H3,(H,13,14). The third-order valence-corrected chi connectivity index (χ3v) is 1.93. The average Bonchev–Trinajstić information content (AvgIpc) is 2.19. The van der Waals surface area contributed by atoms with E-state index in [0.717, 1.165) is 18.5 Å². The molecule has 76 valence electrons. The monoisotopic (exact) mass is 192 g/mol. The van der Waals surface area contributed by atoms with Gasteiger partial charge in [0.15, 0.2) is 0 Å². The van der Waals surface area contributed by atoms with E-state index < -0.39 is 0 Å². The van der Waals surface area contributed by atoms with Crippen LogP contribution in [0, 0.1) is 0 Å². The van der Waals surface area contributed by atoms with Crippen molar-refractivity contribution in [1.82, 2.24) is 0 Å². The van der Waals surface area contributed by atoms with Gasteiger partial charge in [0.2, 0.25) is 5.91 Å². The van der Waals surface area contributed by atoms with E-state index in [2.05, 4.69) is 18.3 Å². The summed E-state index contributed by atoms with van der Waals surface area (Å²) in [5, 5.41) is 2.73. The Kier molecular flexibility index (Phi) is 4.13. The Bertz CT molecular complexity index is 310. The van der Waals surface area contributed by atoms with Crippen molar-refractivity contribution < 1.29 is 4.79 Å². The van der Waals surface area contributed by atoms with Crippen LogP contribution in [-0.2, 0) is 11.2 Å². The van der Waals surface area contributed by atoms with Crippen molar-refractivity contribution in [3.05, 3.63) is 29.8 Å². The first-order chi connectivity index (χ1) is 6.76. The zero-order valence-corrected chi connectivity index (χ0v) is 8.42. The minimum atomic E-state index is -0.154. The van der Waals surface area contributed by atoms with Gasteiger partial charge in [-0.15, -0.1) is 0 Å². The molecule has 0 saturated carbocycles. The number of carbonyl (C=O) groups excluding carboxylic acids is 1. The van der Waals surface area contributed by atoms with Crippen LogP contribution < -0.4 is 11.1 Å². The summed E-state index contributed by atoms with van der Waals surface area (Å²) < 4.78 is 0. The van der Waals surface area contributed by atoms with Crippen LogP contribution in [0.1, 0.15) is 18.9 Å². The van der Waals surface area contributed by atoms with Crippen LogP contribution in [-0.4, -0.2) is 12.5 Å². The minimum absolute atomic E-state index is 0.0258. The number of rotatable bonds is 4. The van der Waals surface area contributed by atoms with Crippen molar-refractivity contribution >= 4 is 11.6 Å². The first-order valence-corrected chi connectivity index (χ1v) is 4.85. The van der Waals surface area contributed by atoms with E-state index in [4.69, 9.17) is 5.73 Å². The number of hydrogen-bond acceptors (Lipinski definition) is 2. The lowest BCUT2D eigenvalue weighted by molar-refractivity contribution is -0.114. The fourth-order valence-corrected chi connectivity index (χ4v) is 1.31. The number of carbonyl (C=O) groups is 1. The second-order valence-electron chi connectivity index (χ2n) is 3.20. The van der Waals surface area contributed by atoms with E-state index in [-0.39, 0.29) is 12.5 Å². The first kappa shape index (κ1) is 10.7. The molecule has 0 fully saturated rings. The smallest absolute Gasteiger partial charge is 0.238 e. The summed E-state index contributed by atoms with van der Waals surface area (Å²) in [6.07, 6.45) is 2.14. The zero-order valence-electron chi connectivity index (χ0n) is 8.42. The van der Waals surface area contributed by atoms with Gasteiger partial charge in [-0.05, 0) is 24.1 Å². The number of nitrogens with one attached hydrogen (secondary N) is 1. The van der Waals surface area contributed by atoms with E-state index >= 15 is 0 Å². The van der Waals surface area contributed by atoms with Gasteiger partial charge in [-0.25, -0.2) is 0 Å². The zero-order chi connectivity index (χ0) is 10.4. The molecule has 1 rings (SSSR count). The van der Waals surface area contributed by atoms with Crippen molar-refractivity contribution in [2.75, 3.05) is 11.9 Å². The lowest BCUT2D eigenvalue weighted by atomic mass is 10.1. The highest BCUT2D eigenvalue weighted by molar-refractivity contribution is 5.92. The number of aryl methyl sites for hydroxylation is 1. The van der Waals surface area contributed by atoms with E-state index in [1.165, 1.54) is 5.56 Å². The van der Waals surface area contributed by atoms with Crippen molar-refractivity contribution in [2.24, 2.45) is 5.73 Å². The highest BCUT2D eigenvalue weighted by Gasteiger charge is 1.99. The van der Waals surface area contributed by atoms with Gasteiger partial charge in [-0.2, -0.15) is 0 Å². The quantitative estimate of drug-likeness (QED) is 0.760. The Morgan fingerprint density at radius 1 is 1.50 bits per heavy atom. The highest BCUT2D eigenvalue weighted by Crippen LogP contribution is 2.11. The van der Waals surface area contributed by atoms with Crippen LogP contribution >= 0.6 is 0 Å². The van der Waals surface area contributed by atoms with Gasteiger partial charge in [0.25, 0.3) is 0 Å². The molecule has 0 unspecified atom stereocenters. The lowest BCUT2D eigenvalue weighted by Gasteiger charge is -2.05. The molecule has 0 heterocycles. The van der Waals surface area contributed by atoms with Crippen LogP contribution in [0.25, 0.3) is 0 Å². The second kappa shape index (κ2) is 5.40. The molecular weight excluding hydrogens is 176 g/mol. The topological polar surface area (TPSA) is 55.1 Å². The van der Waals surface area contributed by atoms with E-state index in [1.54, 1.807) is 0 Å². The molecule has 1 aromatic carbocycles. The lowest BCUT2D eigenvalue weighted by Crippen LogP contribution is -2.21. The third kappa shape index (κ3) is 3.18. The summed E-state index contributed by atoms with van der Waals surface area (Å²) >= 11 is 0. The summed E-state index contributed by atoms with van der Waals surface area (Å²) in [7, 11) is 0. The molecule has 14 heavy (non-hydrogen) atoms. The maximum atomic E-state index is 11.0. The predicted molar refractivity (Wildman–Crippen MR) is 58.1 cm³/mol. The Hall–Kier alpha value is -1.35. The molecule has 0 aliphatic rings. The predicted octanol–water partition coefficient (Wildman–Crippen LogP) is 1.54. The number of benzene rings is 1. The molecule has 3 heteroatoms. The van der Waals surface area contributed by atoms with Crippen LogP contribution in [0.4, 0.5) is 5.69 Å². The molecule has 0 radical (unpaired) electrons. The van der Waals surface area contributed by atoms with Crippen LogP contribution in [0.15, 0.2) is 24.3 Å². The normalized spacial score (nSPS) is 9.86. The van der Waals surface area contributed by atoms with Gasteiger partial charge in [-0.1, -0.05) is 25.5 Å². The molecule has 0 aromatic heterocycles. The van der Waals surface area contributed by atoms with Crippen LogP contribution in [0.5, 0.6) is 0 Å². The average molecular weight is 192 g/mol. The van der Waals surface area contributed by atoms with Gasteiger partial charge < -0.3 is 11.1 Å². The summed E-state index contributed by atoms with van der Waals surface area (Å²) in [6, 6.07) is 7.85. The maximum Gasteiger partial charge on any atom is 0.238 e. The molecule has 0 atom stereocenters. The fraction of sp³-hybridized carbons (Fsp3) is 0.364. The molecule has 0 spiro atoms. The summed E-state index contributed by atoms with van der Waals surface area (Å²) in [5.74, 6) is -0.154. The molecule has 3 nitrogen and oxygen atoms in total. The Balaban J connectivity index is 2.68. The largest absolute Gasteiger partial charge is 0.325 e. The number of amides is 1. The van der Waals surface area contributed by atoms with Gasteiger partial charge in [-0.3, -0.25) is 4.79 Å². The Morgan fingerprint density at radius 2 is 2.29 bits per heavy atom. The van der Waals surface area contributed by atoms with E-state index in [1.807, 2.05) is 18.2 Å². The number of anilines is 1. The fourth-order valence-electron chi connectivity index (χ4n) is 1.31. The van der Waals surface area contributed by atoms with Gasteiger partial charge >= 0.3 is 0 Å². The molecule has 0 bridgehead atoms. The SMILES string of the molecule is CCCc1cccc(NC(=O)CN)c1. The minimum Gasteiger partial charge on any atom is -0.325 e. The second-order valence-corrected chi connectivity index (χ2v) is 3.20. The molecule has 0 aliphatic heterocycles. The summed E-state index contributed by atoms with van der Waals surface area (Å²) in [4.78, 5) is 11.0. The Morgan fingerprint density at radius 3 is 2.93 bits per heavy atom. The Labute approximate surface area is 84.3 Å². The third-order valence-electron chi connectivity index (χ3n) is 1.93. The number of nitrogens with two attached hydrogens (primary N) is 1. The molecular formula is C11H16N2O. The van der Waals surface area contributed by atoms with Crippen LogP contribution in [0.2, 0.25) is 0 Å². The van der Waals surface area contributed by atoms with E-state index in [9.17, 15) is 4.79 Å². The van der Waals surface area contributed by atoms with E-state index in [0.29, 0.717) is 0 Å². The summed E-state index contributed by atoms with van der Waals surface area (Å²) in [5.41, 5.74) is 7.27. The van der Waals surface area contributed by atoms with Crippen molar-refractivity contribution in [2.45, 2.75) is 19.8 Å². The molecule has 0 aliphatic carbocycles. The summed E-state index contributed by atoms with van der Waals surface area (Å²) in [6.45, 7) is 2.16. The molecule has 1 aromatic rings. The number of hydrogen-bond donors (Lipinski definition) is 2. The van der Waals surface area contributed by atoms with Crippen molar-refractivity contribution in [1.29, 1.82) is 0 Å². The van der Waals surface area contributed by atoms with Crippen molar-refractivity contribution in [3.8, 4) is 0 Å². The molecule has 3 N–H and O–H groups in total.